The molecule has 0 aromatic heterocycles. The minimum absolute atomic E-state index is 0.317. The van der Waals surface area contributed by atoms with Crippen molar-refractivity contribution >= 4 is 8.80 Å². The highest BCUT2D eigenvalue weighted by molar-refractivity contribution is 6.58. The lowest BCUT2D eigenvalue weighted by atomic mass is 9.60. The molecule has 216 valence electrons. The standard InChI is InChI=1S/C30H57NO5Si/c1-30(2,24-10-14-27(15-11-24)35-21-28-22-36-28)23-8-12-26(13-9-23)34-20-25(32)19-31-16-6-18-37(3)29-7-4-5-17-33-29/h23-29,31-32,37H,4-22H2,1-3H3. The zero-order valence-corrected chi connectivity index (χ0v) is 25.3. The van der Waals surface area contributed by atoms with Gasteiger partial charge in [0.2, 0.25) is 0 Å². The van der Waals surface area contributed by atoms with Crippen molar-refractivity contribution < 1.29 is 24.1 Å². The fraction of sp³-hybridized carbons (Fsp3) is 1.00. The summed E-state index contributed by atoms with van der Waals surface area (Å²) in [6.07, 6.45) is 15.6. The van der Waals surface area contributed by atoms with Crippen molar-refractivity contribution in [3.8, 4) is 0 Å². The Bertz CT molecular complexity index is 625. The van der Waals surface area contributed by atoms with Crippen molar-refractivity contribution in [1.29, 1.82) is 0 Å². The number of aliphatic hydroxyl groups excluding tert-OH is 1. The van der Waals surface area contributed by atoms with Crippen LogP contribution in [0.1, 0.15) is 90.9 Å². The predicted octanol–water partition coefficient (Wildman–Crippen LogP) is 4.87. The summed E-state index contributed by atoms with van der Waals surface area (Å²) in [6.45, 7) is 12.2. The first-order valence-corrected chi connectivity index (χ1v) is 18.4. The van der Waals surface area contributed by atoms with Crippen molar-refractivity contribution in [2.75, 3.05) is 39.5 Å². The Labute approximate surface area is 228 Å². The van der Waals surface area contributed by atoms with Gasteiger partial charge in [0, 0.05) is 18.9 Å². The van der Waals surface area contributed by atoms with Crippen molar-refractivity contribution in [2.45, 2.75) is 134 Å². The third-order valence-corrected chi connectivity index (χ3v) is 13.3. The highest BCUT2D eigenvalue weighted by atomic mass is 28.3. The predicted molar refractivity (Wildman–Crippen MR) is 152 cm³/mol. The molecule has 0 amide bonds. The second-order valence-electron chi connectivity index (χ2n) is 13.3. The molecule has 7 heteroatoms. The molecule has 4 atom stereocenters. The first kappa shape index (κ1) is 29.9. The lowest BCUT2D eigenvalue weighted by Gasteiger charge is -2.46. The summed E-state index contributed by atoms with van der Waals surface area (Å²) in [6, 6.07) is 1.33. The van der Waals surface area contributed by atoms with Crippen LogP contribution in [0.5, 0.6) is 0 Å². The Hall–Kier alpha value is -0.0231. The van der Waals surface area contributed by atoms with E-state index in [4.69, 9.17) is 18.9 Å². The summed E-state index contributed by atoms with van der Waals surface area (Å²) in [5.41, 5.74) is 0.984. The average molecular weight is 540 g/mol. The molecule has 6 nitrogen and oxygen atoms in total. The van der Waals surface area contributed by atoms with Crippen LogP contribution >= 0.6 is 0 Å². The van der Waals surface area contributed by atoms with E-state index in [-0.39, 0.29) is 0 Å². The zero-order chi connectivity index (χ0) is 26.1. The van der Waals surface area contributed by atoms with Crippen molar-refractivity contribution in [3.05, 3.63) is 0 Å². The molecule has 4 rings (SSSR count). The highest BCUT2D eigenvalue weighted by Gasteiger charge is 2.41. The fourth-order valence-electron chi connectivity index (χ4n) is 7.21. The second kappa shape index (κ2) is 15.1. The molecule has 2 saturated heterocycles. The van der Waals surface area contributed by atoms with Gasteiger partial charge < -0.3 is 29.4 Å². The number of hydrogen-bond donors (Lipinski definition) is 2. The van der Waals surface area contributed by atoms with E-state index in [1.807, 2.05) is 0 Å². The topological polar surface area (TPSA) is 72.5 Å². The fourth-order valence-corrected chi connectivity index (χ4v) is 9.70. The number of ether oxygens (including phenoxy) is 4. The molecular weight excluding hydrogens is 482 g/mol. The van der Waals surface area contributed by atoms with Crippen LogP contribution in [0.4, 0.5) is 0 Å². The van der Waals surface area contributed by atoms with Crippen molar-refractivity contribution in [2.24, 2.45) is 17.3 Å². The van der Waals surface area contributed by atoms with E-state index in [0.29, 0.717) is 42.6 Å². The number of aliphatic hydroxyl groups is 1. The third-order valence-electron chi connectivity index (χ3n) is 10.1. The van der Waals surface area contributed by atoms with Crippen LogP contribution in [0, 0.1) is 17.3 Å². The van der Waals surface area contributed by atoms with Gasteiger partial charge in [-0.2, -0.15) is 0 Å². The van der Waals surface area contributed by atoms with Gasteiger partial charge in [-0.15, -0.1) is 0 Å². The van der Waals surface area contributed by atoms with Crippen LogP contribution in [-0.4, -0.2) is 83.6 Å². The second-order valence-corrected chi connectivity index (χ2v) is 16.5. The number of rotatable bonds is 15. The average Bonchev–Trinajstić information content (AvgIpc) is 3.76. The minimum Gasteiger partial charge on any atom is -0.389 e. The Morgan fingerprint density at radius 2 is 1.57 bits per heavy atom. The third kappa shape index (κ3) is 9.84. The normalized spacial score (nSPS) is 34.7. The first-order chi connectivity index (χ1) is 17.9. The van der Waals surface area contributed by atoms with Crippen LogP contribution in [0.2, 0.25) is 12.6 Å². The lowest BCUT2D eigenvalue weighted by molar-refractivity contribution is -0.0526. The number of epoxide rings is 1. The monoisotopic (exact) mass is 539 g/mol. The van der Waals surface area contributed by atoms with E-state index in [0.717, 1.165) is 51.0 Å². The SMILES string of the molecule is C[SiH](CCCNCC(O)COC1CCC(C(C)(C)C2CCC(OCC3CO3)CC2)CC1)C1CCCCO1. The van der Waals surface area contributed by atoms with Gasteiger partial charge in [-0.3, -0.25) is 0 Å². The largest absolute Gasteiger partial charge is 0.389 e. The van der Waals surface area contributed by atoms with Gasteiger partial charge >= 0.3 is 0 Å². The van der Waals surface area contributed by atoms with Gasteiger partial charge in [-0.05, 0) is 101 Å². The molecule has 0 spiro atoms. The van der Waals surface area contributed by atoms with Crippen LogP contribution < -0.4 is 5.32 Å². The molecule has 0 radical (unpaired) electrons. The first-order valence-electron chi connectivity index (χ1n) is 15.8. The molecule has 4 aliphatic rings. The molecule has 2 aliphatic carbocycles. The molecular formula is C30H57NO5Si. The van der Waals surface area contributed by atoms with Gasteiger partial charge in [-0.25, -0.2) is 0 Å². The summed E-state index contributed by atoms with van der Waals surface area (Å²) >= 11 is 0. The molecule has 4 unspecified atom stereocenters. The Balaban J connectivity index is 1.03. The maximum absolute atomic E-state index is 10.4. The Kier molecular flexibility index (Phi) is 12.2. The summed E-state index contributed by atoms with van der Waals surface area (Å²) in [4.78, 5) is 0. The van der Waals surface area contributed by atoms with Gasteiger partial charge in [-0.1, -0.05) is 26.4 Å². The van der Waals surface area contributed by atoms with Crippen molar-refractivity contribution in [1.82, 2.24) is 5.32 Å². The zero-order valence-electron chi connectivity index (χ0n) is 24.1. The molecule has 0 bridgehead atoms. The lowest BCUT2D eigenvalue weighted by Crippen LogP contribution is -2.40. The Morgan fingerprint density at radius 3 is 2.16 bits per heavy atom. The molecule has 37 heavy (non-hydrogen) atoms. The summed E-state index contributed by atoms with van der Waals surface area (Å²) in [5.74, 6) is 1.59. The van der Waals surface area contributed by atoms with Gasteiger partial charge in [0.15, 0.2) is 0 Å². The molecule has 2 N–H and O–H groups in total. The summed E-state index contributed by atoms with van der Waals surface area (Å²) in [7, 11) is -0.778. The van der Waals surface area contributed by atoms with Gasteiger partial charge in [0.25, 0.3) is 0 Å². The van der Waals surface area contributed by atoms with Gasteiger partial charge in [0.1, 0.15) is 6.10 Å². The molecule has 0 aromatic rings. The molecule has 2 saturated carbocycles. The van der Waals surface area contributed by atoms with Crippen molar-refractivity contribution in [3.63, 3.8) is 0 Å². The van der Waals surface area contributed by atoms with E-state index >= 15 is 0 Å². The molecule has 4 fully saturated rings. The van der Waals surface area contributed by atoms with Crippen LogP contribution in [0.25, 0.3) is 0 Å². The molecule has 0 aromatic carbocycles. The van der Waals surface area contributed by atoms with E-state index in [2.05, 4.69) is 25.7 Å². The van der Waals surface area contributed by atoms with E-state index in [9.17, 15) is 5.11 Å². The van der Waals surface area contributed by atoms with Crippen LogP contribution in [0.3, 0.4) is 0 Å². The smallest absolute Gasteiger partial charge is 0.104 e. The van der Waals surface area contributed by atoms with Crippen LogP contribution in [-0.2, 0) is 18.9 Å². The van der Waals surface area contributed by atoms with E-state index in [1.165, 1.54) is 70.3 Å². The quantitative estimate of drug-likeness (QED) is 0.176. The Morgan fingerprint density at radius 1 is 0.919 bits per heavy atom. The summed E-state index contributed by atoms with van der Waals surface area (Å²) < 4.78 is 23.5. The number of nitrogens with one attached hydrogen (secondary N) is 1. The van der Waals surface area contributed by atoms with Crippen LogP contribution in [0.15, 0.2) is 0 Å². The molecule has 2 aliphatic heterocycles. The maximum atomic E-state index is 10.4. The van der Waals surface area contributed by atoms with E-state index < -0.39 is 14.9 Å². The maximum Gasteiger partial charge on any atom is 0.104 e. The minimum atomic E-state index is -0.778. The highest BCUT2D eigenvalue weighted by Crippen LogP contribution is 2.49. The summed E-state index contributed by atoms with van der Waals surface area (Å²) in [5, 5.41) is 13.9. The van der Waals surface area contributed by atoms with E-state index in [1.54, 1.807) is 0 Å². The number of hydrogen-bond acceptors (Lipinski definition) is 6. The molecule has 2 heterocycles. The van der Waals surface area contributed by atoms with Gasteiger partial charge in [0.05, 0.1) is 46.9 Å².